The summed E-state index contributed by atoms with van der Waals surface area (Å²) in [6, 6.07) is 4.32. The van der Waals surface area contributed by atoms with E-state index >= 15 is 0 Å². The van der Waals surface area contributed by atoms with Crippen molar-refractivity contribution in [2.45, 2.75) is 95.2 Å². The van der Waals surface area contributed by atoms with Crippen molar-refractivity contribution in [3.8, 4) is 5.75 Å². The van der Waals surface area contributed by atoms with Crippen molar-refractivity contribution in [2.24, 2.45) is 29.6 Å². The van der Waals surface area contributed by atoms with E-state index in [1.807, 2.05) is 13.0 Å². The second-order valence-corrected chi connectivity index (χ2v) is 18.5. The molecular formula is C42H64ClN5O4S. The zero-order valence-corrected chi connectivity index (χ0v) is 34.4. The number of ether oxygens (including phenoxy) is 2. The van der Waals surface area contributed by atoms with Crippen LogP contribution in [0.2, 0.25) is 0 Å². The highest BCUT2D eigenvalue weighted by molar-refractivity contribution is 7.84. The summed E-state index contributed by atoms with van der Waals surface area (Å²) < 4.78 is 27.0. The fourth-order valence-corrected chi connectivity index (χ4v) is 10.6. The van der Waals surface area contributed by atoms with Gasteiger partial charge in [-0.2, -0.15) is 0 Å². The molecule has 1 N–H and O–H groups in total. The molecule has 9 nitrogen and oxygen atoms in total. The molecule has 9 unspecified atom stereocenters. The van der Waals surface area contributed by atoms with Crippen LogP contribution < -0.4 is 14.4 Å². The number of rotatable bonds is 5. The molecule has 2 saturated heterocycles. The zero-order chi connectivity index (χ0) is 37.5. The monoisotopic (exact) mass is 769 g/mol. The highest BCUT2D eigenvalue weighted by Gasteiger charge is 2.41. The first kappa shape index (κ1) is 40.4. The molecule has 1 aromatic rings. The molecule has 2 aliphatic carbocycles. The molecule has 0 aromatic carbocycles. The van der Waals surface area contributed by atoms with Gasteiger partial charge in [-0.1, -0.05) is 56.6 Å². The Morgan fingerprint density at radius 1 is 1.06 bits per heavy atom. The van der Waals surface area contributed by atoms with Crippen molar-refractivity contribution in [3.05, 3.63) is 53.3 Å². The Bertz CT molecular complexity index is 1520. The van der Waals surface area contributed by atoms with Gasteiger partial charge in [-0.05, 0) is 99.8 Å². The number of hydrogen-bond acceptors (Lipinski definition) is 8. The number of carbonyl (C=O) groups excluding carboxylic acids is 1. The van der Waals surface area contributed by atoms with Gasteiger partial charge in [-0.15, -0.1) is 11.6 Å². The number of carbonyl (C=O) groups is 1. The Morgan fingerprint density at radius 2 is 1.89 bits per heavy atom. The smallest absolute Gasteiger partial charge is 0.281 e. The van der Waals surface area contributed by atoms with E-state index in [-0.39, 0.29) is 28.2 Å². The molecule has 1 saturated carbocycles. The van der Waals surface area contributed by atoms with Crippen LogP contribution in [0.15, 0.2) is 47.6 Å². The molecule has 6 aliphatic rings. The van der Waals surface area contributed by atoms with Crippen LogP contribution >= 0.6 is 11.6 Å². The average molecular weight is 771 g/mol. The molecular weight excluding hydrogens is 706 g/mol. The summed E-state index contributed by atoms with van der Waals surface area (Å²) in [7, 11) is 1.72. The lowest BCUT2D eigenvalue weighted by atomic mass is 9.66. The summed E-state index contributed by atoms with van der Waals surface area (Å²) in [5, 5.41) is -0.151. The summed E-state index contributed by atoms with van der Waals surface area (Å²) >= 11 is 6.63. The molecule has 11 heteroatoms. The van der Waals surface area contributed by atoms with Crippen molar-refractivity contribution < 1.29 is 18.5 Å². The lowest BCUT2D eigenvalue weighted by molar-refractivity contribution is 0.0282. The van der Waals surface area contributed by atoms with Crippen LogP contribution in [-0.4, -0.2) is 108 Å². The number of fused-ring (bicyclic) bond motifs is 3. The Hall–Kier alpha value is -2.24. The highest BCUT2D eigenvalue weighted by atomic mass is 35.5. The molecule has 4 aliphatic heterocycles. The van der Waals surface area contributed by atoms with E-state index in [9.17, 15) is 9.00 Å². The van der Waals surface area contributed by atoms with Gasteiger partial charge in [0.1, 0.15) is 16.7 Å². The fraction of sp³-hybridized carbons (Fsp3) is 0.714. The predicted molar refractivity (Wildman–Crippen MR) is 217 cm³/mol. The maximum absolute atomic E-state index is 13.5. The molecule has 294 valence electrons. The molecule has 5 heterocycles. The standard InChI is InChI=1S/C40H58ClN5O3S.C2H6O/c1-4-8-29-21-33(41)13-15-35(29)32-24-46-23-31-12-14-36(31)30(22-44-19-20-45-18-6-5-11-34(45)25-44)10-7-9-27(2)28(3)50(48)43-40(47)37-16-17-38(49-26-32)39(46)42-37;1-3-2/h7,10,13,15-17,27-28,30-34,36H,4-6,8-9,11-12,14,18-26H2,1-3H3,(H,43,47);1-2H3/b10-7+;. The molecule has 0 radical (unpaired) electrons. The normalized spacial score (nSPS) is 34.6. The average Bonchev–Trinajstić information content (AvgIpc) is 3.32. The first-order valence-electron chi connectivity index (χ1n) is 20.4. The SMILES string of the molecule is CCCC1=C(C2COc3ccc4nc3N(C2)CC2CCC2C(CN2CCN3CCCCC3C2)/C=C/CC(C)C(C)S(=O)NC4=O)C=CC(Cl)C1.COC. The van der Waals surface area contributed by atoms with Crippen LogP contribution in [0.1, 0.15) is 89.0 Å². The number of nitrogens with zero attached hydrogens (tertiary/aromatic N) is 4. The summed E-state index contributed by atoms with van der Waals surface area (Å²) in [6.07, 6.45) is 19.6. The number of aromatic nitrogens is 1. The predicted octanol–water partition coefficient (Wildman–Crippen LogP) is 7.01. The Morgan fingerprint density at radius 3 is 2.66 bits per heavy atom. The van der Waals surface area contributed by atoms with E-state index < -0.39 is 16.9 Å². The summed E-state index contributed by atoms with van der Waals surface area (Å²) in [5.41, 5.74) is 3.08. The maximum Gasteiger partial charge on any atom is 0.281 e. The van der Waals surface area contributed by atoms with Gasteiger partial charge in [0.15, 0.2) is 11.6 Å². The zero-order valence-electron chi connectivity index (χ0n) is 32.8. The topological polar surface area (TPSA) is 87.2 Å². The Balaban J connectivity index is 0.00000155. The molecule has 1 amide bonds. The van der Waals surface area contributed by atoms with Gasteiger partial charge in [0.25, 0.3) is 5.91 Å². The second-order valence-electron chi connectivity index (χ2n) is 16.4. The number of halogens is 1. The molecule has 3 fully saturated rings. The van der Waals surface area contributed by atoms with E-state index in [2.05, 4.69) is 62.3 Å². The van der Waals surface area contributed by atoms with Gasteiger partial charge in [0.2, 0.25) is 0 Å². The third-order valence-corrected chi connectivity index (χ3v) is 14.5. The minimum absolute atomic E-state index is 0.0351. The second kappa shape index (κ2) is 19.1. The van der Waals surface area contributed by atoms with E-state index in [0.717, 1.165) is 63.4 Å². The minimum atomic E-state index is -1.53. The van der Waals surface area contributed by atoms with Crippen molar-refractivity contribution in [2.75, 3.05) is 71.5 Å². The number of allylic oxidation sites excluding steroid dienone is 4. The van der Waals surface area contributed by atoms with Crippen LogP contribution in [-0.2, 0) is 15.7 Å². The number of alkyl halides is 1. The van der Waals surface area contributed by atoms with Crippen LogP contribution in [0.3, 0.4) is 0 Å². The van der Waals surface area contributed by atoms with Crippen LogP contribution in [0.25, 0.3) is 0 Å². The van der Waals surface area contributed by atoms with Gasteiger partial charge in [0.05, 0.1) is 17.2 Å². The molecule has 1 aromatic heterocycles. The summed E-state index contributed by atoms with van der Waals surface area (Å²) in [4.78, 5) is 26.4. The molecule has 53 heavy (non-hydrogen) atoms. The van der Waals surface area contributed by atoms with Gasteiger partial charge >= 0.3 is 0 Å². The van der Waals surface area contributed by atoms with E-state index in [1.165, 1.54) is 62.9 Å². The summed E-state index contributed by atoms with van der Waals surface area (Å²) in [6.45, 7) is 14.5. The van der Waals surface area contributed by atoms with Crippen LogP contribution in [0.4, 0.5) is 5.82 Å². The number of piperidine rings is 1. The number of nitrogens with one attached hydrogen (secondary N) is 1. The van der Waals surface area contributed by atoms with E-state index in [4.69, 9.17) is 21.3 Å². The molecule has 0 spiro atoms. The maximum atomic E-state index is 13.5. The van der Waals surface area contributed by atoms with Gasteiger partial charge in [-0.3, -0.25) is 19.3 Å². The molecule has 7 rings (SSSR count). The lowest BCUT2D eigenvalue weighted by Gasteiger charge is -2.48. The first-order chi connectivity index (χ1) is 25.7. The fourth-order valence-electron chi connectivity index (χ4n) is 9.36. The van der Waals surface area contributed by atoms with Crippen LogP contribution in [0.5, 0.6) is 5.75 Å². The van der Waals surface area contributed by atoms with Crippen molar-refractivity contribution in [1.29, 1.82) is 0 Å². The van der Waals surface area contributed by atoms with Crippen molar-refractivity contribution in [1.82, 2.24) is 19.5 Å². The number of hydrogen-bond donors (Lipinski definition) is 1. The Labute approximate surface area is 326 Å². The van der Waals surface area contributed by atoms with E-state index in [1.54, 1.807) is 20.3 Å². The van der Waals surface area contributed by atoms with Gasteiger partial charge in [0, 0.05) is 65.4 Å². The summed E-state index contributed by atoms with van der Waals surface area (Å²) in [5.74, 6) is 2.99. The molecule has 9 atom stereocenters. The molecule has 2 bridgehead atoms. The first-order valence-corrected chi connectivity index (χ1v) is 22.0. The third-order valence-electron chi connectivity index (χ3n) is 12.7. The van der Waals surface area contributed by atoms with Crippen molar-refractivity contribution in [3.63, 3.8) is 0 Å². The number of anilines is 1. The highest BCUT2D eigenvalue weighted by Crippen LogP contribution is 2.44. The van der Waals surface area contributed by atoms with Gasteiger partial charge in [-0.25, -0.2) is 9.19 Å². The van der Waals surface area contributed by atoms with Crippen LogP contribution in [0, 0.1) is 29.6 Å². The third kappa shape index (κ3) is 9.96. The minimum Gasteiger partial charge on any atom is -0.489 e. The van der Waals surface area contributed by atoms with E-state index in [0.29, 0.717) is 30.4 Å². The number of piperazine rings is 1. The number of amides is 1. The number of pyridine rings is 1. The lowest BCUT2D eigenvalue weighted by Crippen LogP contribution is -2.56. The van der Waals surface area contributed by atoms with Gasteiger partial charge < -0.3 is 14.4 Å². The number of methoxy groups -OCH3 is 1. The Kier molecular flexibility index (Phi) is 14.5. The largest absolute Gasteiger partial charge is 0.489 e. The van der Waals surface area contributed by atoms with Crippen molar-refractivity contribution >= 4 is 34.3 Å². The quantitative estimate of drug-likeness (QED) is 0.253.